The lowest BCUT2D eigenvalue weighted by atomic mass is 9.98. The van der Waals surface area contributed by atoms with Crippen molar-refractivity contribution in [3.05, 3.63) is 58.5 Å². The number of hydrogen-bond donors (Lipinski definition) is 2. The molecule has 0 aliphatic rings. The van der Waals surface area contributed by atoms with Crippen molar-refractivity contribution >= 4 is 5.82 Å². The average molecular weight is 267 g/mol. The molecule has 20 heavy (non-hydrogen) atoms. The number of aromatic amines is 1. The molecule has 3 rings (SSSR count). The van der Waals surface area contributed by atoms with Crippen LogP contribution in [0.2, 0.25) is 0 Å². The molecule has 0 aliphatic carbocycles. The molecule has 0 atom stereocenters. The van der Waals surface area contributed by atoms with Crippen molar-refractivity contribution in [2.24, 2.45) is 0 Å². The molecule has 0 spiro atoms. The van der Waals surface area contributed by atoms with E-state index in [9.17, 15) is 4.79 Å². The number of benzene rings is 1. The Kier molecular flexibility index (Phi) is 2.87. The molecule has 5 nitrogen and oxygen atoms in total. The van der Waals surface area contributed by atoms with Gasteiger partial charge in [0.1, 0.15) is 0 Å². The van der Waals surface area contributed by atoms with Gasteiger partial charge in [0.25, 0.3) is 0 Å². The van der Waals surface area contributed by atoms with Gasteiger partial charge in [-0.3, -0.25) is 4.79 Å². The molecule has 0 fully saturated rings. The van der Waals surface area contributed by atoms with E-state index in [0.29, 0.717) is 22.7 Å². The lowest BCUT2D eigenvalue weighted by molar-refractivity contribution is 0.436. The maximum atomic E-state index is 11.4. The Hall–Kier alpha value is -2.82. The van der Waals surface area contributed by atoms with Crippen molar-refractivity contribution in [2.75, 3.05) is 5.73 Å². The van der Waals surface area contributed by atoms with Gasteiger partial charge in [0.05, 0.1) is 5.56 Å². The zero-order valence-electron chi connectivity index (χ0n) is 10.9. The van der Waals surface area contributed by atoms with Crippen molar-refractivity contribution in [2.45, 2.75) is 6.92 Å². The highest BCUT2D eigenvalue weighted by Gasteiger charge is 2.19. The molecule has 3 N–H and O–H groups in total. The third kappa shape index (κ3) is 1.99. The van der Waals surface area contributed by atoms with Crippen LogP contribution >= 0.6 is 0 Å². The summed E-state index contributed by atoms with van der Waals surface area (Å²) in [7, 11) is 0. The largest absolute Gasteiger partial charge is 0.380 e. The number of nitrogen functional groups attached to an aromatic ring is 1. The first kappa shape index (κ1) is 12.2. The number of aryl methyl sites for hydroxylation is 1. The predicted molar refractivity (Wildman–Crippen MR) is 77.1 cm³/mol. The molecule has 3 aromatic rings. The van der Waals surface area contributed by atoms with Crippen molar-refractivity contribution in [1.82, 2.24) is 10.1 Å². The van der Waals surface area contributed by atoms with E-state index >= 15 is 0 Å². The van der Waals surface area contributed by atoms with Crippen LogP contribution in [0.5, 0.6) is 0 Å². The third-order valence-corrected chi connectivity index (χ3v) is 3.17. The smallest absolute Gasteiger partial charge is 0.248 e. The average Bonchev–Trinajstić information content (AvgIpc) is 2.81. The highest BCUT2D eigenvalue weighted by molar-refractivity contribution is 5.87. The van der Waals surface area contributed by atoms with Crippen LogP contribution in [0.1, 0.15) is 5.56 Å². The molecular formula is C15H13N3O2. The Labute approximate surface area is 115 Å². The number of nitrogens with one attached hydrogen (secondary N) is 1. The molecule has 0 bridgehead atoms. The number of pyridine rings is 1. The summed E-state index contributed by atoms with van der Waals surface area (Å²) in [5, 5.41) is 3.83. The number of rotatable bonds is 2. The first-order valence-electron chi connectivity index (χ1n) is 6.17. The molecule has 0 amide bonds. The van der Waals surface area contributed by atoms with Gasteiger partial charge >= 0.3 is 0 Å². The SMILES string of the molecule is Cc1ccccc1-c1c(N)noc1-c1cc[nH]c(=O)c1. The summed E-state index contributed by atoms with van der Waals surface area (Å²) in [5.41, 5.74) is 9.10. The lowest BCUT2D eigenvalue weighted by Gasteiger charge is -2.05. The van der Waals surface area contributed by atoms with Gasteiger partial charge in [-0.15, -0.1) is 0 Å². The fraction of sp³-hybridized carbons (Fsp3) is 0.0667. The molecule has 0 unspecified atom stereocenters. The Morgan fingerprint density at radius 1 is 1.25 bits per heavy atom. The molecular weight excluding hydrogens is 254 g/mol. The van der Waals surface area contributed by atoms with Gasteiger partial charge in [0.2, 0.25) is 5.56 Å². The molecule has 0 saturated heterocycles. The molecule has 100 valence electrons. The van der Waals surface area contributed by atoms with Gasteiger partial charge in [-0.1, -0.05) is 29.4 Å². The Balaban J connectivity index is 2.26. The number of anilines is 1. The predicted octanol–water partition coefficient (Wildman–Crippen LogP) is 2.59. The second-order valence-electron chi connectivity index (χ2n) is 4.53. The molecule has 0 radical (unpaired) electrons. The van der Waals surface area contributed by atoms with Crippen molar-refractivity contribution in [3.8, 4) is 22.5 Å². The first-order chi connectivity index (χ1) is 9.66. The van der Waals surface area contributed by atoms with Gasteiger partial charge in [-0.25, -0.2) is 0 Å². The summed E-state index contributed by atoms with van der Waals surface area (Å²) < 4.78 is 5.32. The summed E-state index contributed by atoms with van der Waals surface area (Å²) in [5.74, 6) is 0.817. The summed E-state index contributed by atoms with van der Waals surface area (Å²) >= 11 is 0. The lowest BCUT2D eigenvalue weighted by Crippen LogP contribution is -2.02. The summed E-state index contributed by atoms with van der Waals surface area (Å²) in [6, 6.07) is 11.0. The normalized spacial score (nSPS) is 10.7. The number of hydrogen-bond acceptors (Lipinski definition) is 4. The number of nitrogens with zero attached hydrogens (tertiary/aromatic N) is 1. The second kappa shape index (κ2) is 4.70. The molecule has 0 aliphatic heterocycles. The van der Waals surface area contributed by atoms with Crippen LogP contribution in [-0.4, -0.2) is 10.1 Å². The minimum Gasteiger partial charge on any atom is -0.380 e. The van der Waals surface area contributed by atoms with Crippen molar-refractivity contribution in [3.63, 3.8) is 0 Å². The fourth-order valence-corrected chi connectivity index (χ4v) is 2.20. The molecule has 1 aromatic carbocycles. The van der Waals surface area contributed by atoms with Crippen LogP contribution in [0.15, 0.2) is 51.9 Å². The third-order valence-electron chi connectivity index (χ3n) is 3.17. The van der Waals surface area contributed by atoms with E-state index in [1.54, 1.807) is 12.3 Å². The van der Waals surface area contributed by atoms with Crippen molar-refractivity contribution < 1.29 is 4.52 Å². The van der Waals surface area contributed by atoms with Gasteiger partial charge in [-0.2, -0.15) is 0 Å². The van der Waals surface area contributed by atoms with E-state index < -0.39 is 0 Å². The van der Waals surface area contributed by atoms with Crippen LogP contribution in [-0.2, 0) is 0 Å². The van der Waals surface area contributed by atoms with Crippen LogP contribution in [0, 0.1) is 6.92 Å². The van der Waals surface area contributed by atoms with Gasteiger partial charge in [0, 0.05) is 17.8 Å². The van der Waals surface area contributed by atoms with E-state index in [2.05, 4.69) is 10.1 Å². The second-order valence-corrected chi connectivity index (χ2v) is 4.53. The standard InChI is InChI=1S/C15H13N3O2/c1-9-4-2-3-5-11(9)13-14(20-18-15(13)16)10-6-7-17-12(19)8-10/h2-8H,1H3,(H2,16,18)(H,17,19). The number of aromatic nitrogens is 2. The minimum atomic E-state index is -0.201. The van der Waals surface area contributed by atoms with E-state index in [1.165, 1.54) is 6.07 Å². The number of H-pyrrole nitrogens is 1. The van der Waals surface area contributed by atoms with E-state index in [0.717, 1.165) is 11.1 Å². The van der Waals surface area contributed by atoms with Gasteiger partial charge < -0.3 is 15.2 Å². The topological polar surface area (TPSA) is 84.9 Å². The zero-order chi connectivity index (χ0) is 14.1. The van der Waals surface area contributed by atoms with Crippen LogP contribution in [0.25, 0.3) is 22.5 Å². The van der Waals surface area contributed by atoms with Gasteiger partial charge in [-0.05, 0) is 24.1 Å². The zero-order valence-corrected chi connectivity index (χ0v) is 10.9. The number of nitrogens with two attached hydrogens (primary N) is 1. The molecule has 2 aromatic heterocycles. The Morgan fingerprint density at radius 3 is 2.80 bits per heavy atom. The van der Waals surface area contributed by atoms with Crippen LogP contribution in [0.4, 0.5) is 5.82 Å². The van der Waals surface area contributed by atoms with E-state index in [1.807, 2.05) is 31.2 Å². The Morgan fingerprint density at radius 2 is 2.05 bits per heavy atom. The van der Waals surface area contributed by atoms with Crippen LogP contribution in [0.3, 0.4) is 0 Å². The maximum absolute atomic E-state index is 11.4. The fourth-order valence-electron chi connectivity index (χ4n) is 2.20. The van der Waals surface area contributed by atoms with Crippen molar-refractivity contribution in [1.29, 1.82) is 0 Å². The monoisotopic (exact) mass is 267 g/mol. The highest BCUT2D eigenvalue weighted by Crippen LogP contribution is 2.37. The quantitative estimate of drug-likeness (QED) is 0.747. The Bertz CT molecular complexity index is 818. The van der Waals surface area contributed by atoms with Crippen LogP contribution < -0.4 is 11.3 Å². The molecule has 5 heteroatoms. The van der Waals surface area contributed by atoms with E-state index in [4.69, 9.17) is 10.3 Å². The summed E-state index contributed by atoms with van der Waals surface area (Å²) in [4.78, 5) is 14.0. The summed E-state index contributed by atoms with van der Waals surface area (Å²) in [6.07, 6.45) is 1.57. The first-order valence-corrected chi connectivity index (χ1v) is 6.17. The van der Waals surface area contributed by atoms with E-state index in [-0.39, 0.29) is 5.56 Å². The van der Waals surface area contributed by atoms with Gasteiger partial charge in [0.15, 0.2) is 11.6 Å². The highest BCUT2D eigenvalue weighted by atomic mass is 16.5. The molecule has 2 heterocycles. The minimum absolute atomic E-state index is 0.201. The molecule has 0 saturated carbocycles. The maximum Gasteiger partial charge on any atom is 0.248 e. The summed E-state index contributed by atoms with van der Waals surface area (Å²) in [6.45, 7) is 1.99.